The number of anilines is 2. The van der Waals surface area contributed by atoms with Gasteiger partial charge in [0.15, 0.2) is 0 Å². The summed E-state index contributed by atoms with van der Waals surface area (Å²) in [4.78, 5) is 27.0. The van der Waals surface area contributed by atoms with E-state index < -0.39 is 40.2 Å². The van der Waals surface area contributed by atoms with E-state index in [1.165, 1.54) is 0 Å². The zero-order valence-electron chi connectivity index (χ0n) is 18.2. The van der Waals surface area contributed by atoms with E-state index in [0.717, 1.165) is 6.20 Å². The van der Waals surface area contributed by atoms with Gasteiger partial charge < -0.3 is 19.9 Å². The Labute approximate surface area is 198 Å². The number of H-pyrrole nitrogens is 1. The predicted octanol–water partition coefficient (Wildman–Crippen LogP) is 2.21. The fourth-order valence-corrected chi connectivity index (χ4v) is 4.04. The number of alkyl halides is 6. The van der Waals surface area contributed by atoms with Crippen molar-refractivity contribution in [3.63, 3.8) is 0 Å². The van der Waals surface area contributed by atoms with E-state index in [1.807, 2.05) is 0 Å². The summed E-state index contributed by atoms with van der Waals surface area (Å²) in [6, 6.07) is -0.619. The van der Waals surface area contributed by atoms with E-state index in [4.69, 9.17) is 4.74 Å². The summed E-state index contributed by atoms with van der Waals surface area (Å²) >= 11 is 0.443. The molecule has 1 fully saturated rings. The van der Waals surface area contributed by atoms with Gasteiger partial charge in [0.1, 0.15) is 5.56 Å². The number of halogens is 6. The SMILES string of the molecule is C[C@@H](COCCC(=O)N1CCN(c2nnc(C(F)(F)F)s2)CC1)Nc1cn[nH]c(=O)c1C(F)(F)F. The molecule has 2 N–H and O–H groups in total. The van der Waals surface area contributed by atoms with E-state index in [9.17, 15) is 35.9 Å². The summed E-state index contributed by atoms with van der Waals surface area (Å²) in [5, 5.41) is 13.5. The molecule has 10 nitrogen and oxygen atoms in total. The predicted molar refractivity (Wildman–Crippen MR) is 112 cm³/mol. The molecule has 0 aliphatic carbocycles. The van der Waals surface area contributed by atoms with Crippen LogP contribution in [0.15, 0.2) is 11.0 Å². The van der Waals surface area contributed by atoms with Gasteiger partial charge in [-0.1, -0.05) is 11.3 Å². The Hall–Kier alpha value is -2.95. The number of nitrogens with zero attached hydrogens (tertiary/aromatic N) is 5. The molecule has 0 spiro atoms. The number of hydrogen-bond acceptors (Lipinski definition) is 9. The first-order valence-electron chi connectivity index (χ1n) is 10.3. The molecule has 2 aromatic heterocycles. The molecule has 194 valence electrons. The highest BCUT2D eigenvalue weighted by atomic mass is 32.1. The minimum Gasteiger partial charge on any atom is -0.379 e. The summed E-state index contributed by atoms with van der Waals surface area (Å²) < 4.78 is 82.7. The Balaban J connectivity index is 1.40. The van der Waals surface area contributed by atoms with Crippen LogP contribution in [0.5, 0.6) is 0 Å². The number of amides is 1. The lowest BCUT2D eigenvalue weighted by Gasteiger charge is -2.34. The first-order chi connectivity index (χ1) is 16.4. The minimum atomic E-state index is -4.87. The lowest BCUT2D eigenvalue weighted by atomic mass is 10.2. The van der Waals surface area contributed by atoms with Crippen LogP contribution in [0.1, 0.15) is 23.9 Å². The van der Waals surface area contributed by atoms with Gasteiger partial charge in [-0.05, 0) is 6.92 Å². The molecule has 3 rings (SSSR count). The third-order valence-corrected chi connectivity index (χ3v) is 5.96. The van der Waals surface area contributed by atoms with Gasteiger partial charge in [-0.3, -0.25) is 9.59 Å². The van der Waals surface area contributed by atoms with Crippen molar-refractivity contribution in [1.29, 1.82) is 0 Å². The van der Waals surface area contributed by atoms with Crippen molar-refractivity contribution < 1.29 is 35.9 Å². The average Bonchev–Trinajstić information content (AvgIpc) is 3.27. The van der Waals surface area contributed by atoms with Gasteiger partial charge in [-0.15, -0.1) is 10.2 Å². The lowest BCUT2D eigenvalue weighted by molar-refractivity contribution is -0.139. The molecule has 35 heavy (non-hydrogen) atoms. The fraction of sp³-hybridized carbons (Fsp3) is 0.611. The molecular formula is C18H21F6N7O3S. The van der Waals surface area contributed by atoms with Gasteiger partial charge in [-0.25, -0.2) is 5.10 Å². The van der Waals surface area contributed by atoms with Crippen LogP contribution in [-0.4, -0.2) is 76.6 Å². The van der Waals surface area contributed by atoms with E-state index in [-0.39, 0.29) is 43.8 Å². The molecule has 1 saturated heterocycles. The Morgan fingerprint density at radius 3 is 2.46 bits per heavy atom. The Bertz CT molecular complexity index is 1070. The first-order valence-corrected chi connectivity index (χ1v) is 11.1. The highest BCUT2D eigenvalue weighted by molar-refractivity contribution is 7.15. The number of carbonyl (C=O) groups excluding carboxylic acids is 1. The number of ether oxygens (including phenoxy) is 1. The van der Waals surface area contributed by atoms with Crippen LogP contribution in [0, 0.1) is 0 Å². The number of nitrogens with one attached hydrogen (secondary N) is 2. The van der Waals surface area contributed by atoms with E-state index >= 15 is 0 Å². The maximum atomic E-state index is 13.1. The largest absolute Gasteiger partial charge is 0.445 e. The number of rotatable bonds is 8. The molecule has 0 aromatic carbocycles. The van der Waals surface area contributed by atoms with E-state index in [0.29, 0.717) is 24.4 Å². The lowest BCUT2D eigenvalue weighted by Crippen LogP contribution is -2.49. The van der Waals surface area contributed by atoms with Crippen LogP contribution < -0.4 is 15.8 Å². The quantitative estimate of drug-likeness (QED) is 0.395. The van der Waals surface area contributed by atoms with Crippen molar-refractivity contribution in [2.24, 2.45) is 0 Å². The van der Waals surface area contributed by atoms with Crippen LogP contribution in [0.2, 0.25) is 0 Å². The zero-order valence-corrected chi connectivity index (χ0v) is 19.1. The molecule has 1 aliphatic heterocycles. The van der Waals surface area contributed by atoms with E-state index in [1.54, 1.807) is 21.8 Å². The Morgan fingerprint density at radius 1 is 1.17 bits per heavy atom. The third-order valence-electron chi connectivity index (χ3n) is 4.93. The zero-order chi connectivity index (χ0) is 25.8. The Morgan fingerprint density at radius 2 is 1.86 bits per heavy atom. The fourth-order valence-electron chi connectivity index (χ4n) is 3.28. The maximum Gasteiger partial charge on any atom is 0.445 e. The molecule has 3 heterocycles. The molecular weight excluding hydrogens is 508 g/mol. The summed E-state index contributed by atoms with van der Waals surface area (Å²) in [5.74, 6) is -0.225. The number of aromatic amines is 1. The molecule has 17 heteroatoms. The molecule has 2 aromatic rings. The normalized spacial score (nSPS) is 15.9. The molecule has 0 radical (unpaired) electrons. The van der Waals surface area contributed by atoms with Crippen molar-refractivity contribution in [1.82, 2.24) is 25.3 Å². The molecule has 1 amide bonds. The number of hydrogen-bond donors (Lipinski definition) is 2. The van der Waals surface area contributed by atoms with Gasteiger partial charge >= 0.3 is 12.4 Å². The average molecular weight is 529 g/mol. The number of aromatic nitrogens is 4. The summed E-state index contributed by atoms with van der Waals surface area (Å²) in [6.45, 7) is 2.68. The maximum absolute atomic E-state index is 13.1. The second kappa shape index (κ2) is 10.8. The first kappa shape index (κ1) is 26.7. The standard InChI is InChI=1S/C18H21F6N7O3S/c1-10(26-11-8-25-27-14(33)13(11)17(19,20)21)9-34-7-2-12(32)30-3-5-31(6-4-30)16-29-28-15(35-16)18(22,23)24/h8,10H,2-7,9H2,1H3,(H2,26,27,33)/t10-/m0/s1. The van der Waals surface area contributed by atoms with E-state index in [2.05, 4.69) is 20.6 Å². The molecule has 0 saturated carbocycles. The molecule has 0 bridgehead atoms. The van der Waals surface area contributed by atoms with Crippen LogP contribution >= 0.6 is 11.3 Å². The Kier molecular flexibility index (Phi) is 8.19. The summed E-state index contributed by atoms with van der Waals surface area (Å²) in [5.41, 5.74) is -3.24. The summed E-state index contributed by atoms with van der Waals surface area (Å²) in [6.07, 6.45) is -8.55. The molecule has 1 aliphatic rings. The van der Waals surface area contributed by atoms with Crippen molar-refractivity contribution in [2.75, 3.05) is 49.6 Å². The van der Waals surface area contributed by atoms with Gasteiger partial charge in [0.05, 0.1) is 31.5 Å². The van der Waals surface area contributed by atoms with Crippen LogP contribution in [0.25, 0.3) is 0 Å². The smallest absolute Gasteiger partial charge is 0.379 e. The van der Waals surface area contributed by atoms with Gasteiger partial charge in [0.25, 0.3) is 5.56 Å². The van der Waals surface area contributed by atoms with Gasteiger partial charge in [0.2, 0.25) is 16.0 Å². The van der Waals surface area contributed by atoms with Crippen molar-refractivity contribution in [3.05, 3.63) is 27.1 Å². The second-order valence-electron chi connectivity index (χ2n) is 7.61. The topological polar surface area (TPSA) is 116 Å². The third kappa shape index (κ3) is 7.03. The van der Waals surface area contributed by atoms with Crippen molar-refractivity contribution in [3.8, 4) is 0 Å². The number of piperazine rings is 1. The van der Waals surface area contributed by atoms with Crippen LogP contribution in [-0.2, 0) is 21.9 Å². The van der Waals surface area contributed by atoms with Crippen molar-refractivity contribution >= 4 is 28.1 Å². The monoisotopic (exact) mass is 529 g/mol. The highest BCUT2D eigenvalue weighted by Crippen LogP contribution is 2.34. The molecule has 0 unspecified atom stereocenters. The highest BCUT2D eigenvalue weighted by Gasteiger charge is 2.38. The number of carbonyl (C=O) groups is 1. The van der Waals surface area contributed by atoms with Crippen LogP contribution in [0.3, 0.4) is 0 Å². The van der Waals surface area contributed by atoms with Gasteiger partial charge in [-0.2, -0.15) is 31.4 Å². The summed E-state index contributed by atoms with van der Waals surface area (Å²) in [7, 11) is 0. The molecule has 1 atom stereocenters. The van der Waals surface area contributed by atoms with Crippen LogP contribution in [0.4, 0.5) is 37.2 Å². The van der Waals surface area contributed by atoms with Gasteiger partial charge in [0, 0.05) is 32.2 Å². The minimum absolute atomic E-state index is 0.0101. The second-order valence-corrected chi connectivity index (χ2v) is 8.57. The van der Waals surface area contributed by atoms with Crippen molar-refractivity contribution in [2.45, 2.75) is 31.7 Å².